The lowest BCUT2D eigenvalue weighted by molar-refractivity contribution is -0.119. The zero-order valence-corrected chi connectivity index (χ0v) is 7.95. The molecule has 2 fully saturated rings. The fraction of sp³-hybridized carbons (Fsp3) is 0.636. The van der Waals surface area contributed by atoms with Gasteiger partial charge in [-0.3, -0.25) is 9.59 Å². The number of hydrogen-bond acceptors (Lipinski definition) is 3. The van der Waals surface area contributed by atoms with Gasteiger partial charge in [0.2, 0.25) is 0 Å². The van der Waals surface area contributed by atoms with Crippen molar-refractivity contribution in [2.75, 3.05) is 0 Å². The van der Waals surface area contributed by atoms with Crippen molar-refractivity contribution in [2.45, 2.75) is 37.8 Å². The molecule has 2 aliphatic carbocycles. The highest BCUT2D eigenvalue weighted by atomic mass is 16.1. The molecule has 2 saturated carbocycles. The van der Waals surface area contributed by atoms with Gasteiger partial charge in [0.1, 0.15) is 5.78 Å². The highest BCUT2D eigenvalue weighted by molar-refractivity contribution is 6.00. The van der Waals surface area contributed by atoms with Gasteiger partial charge in [-0.05, 0) is 12.8 Å². The minimum Gasteiger partial charge on any atom is -0.306 e. The summed E-state index contributed by atoms with van der Waals surface area (Å²) in [4.78, 5) is 23.0. The molecule has 1 heterocycles. The second-order valence-electron chi connectivity index (χ2n) is 4.44. The van der Waals surface area contributed by atoms with E-state index in [-0.39, 0.29) is 17.7 Å². The van der Waals surface area contributed by atoms with Crippen LogP contribution in [-0.2, 0) is 9.59 Å². The molecule has 14 heavy (non-hydrogen) atoms. The Balaban J connectivity index is 1.98. The fourth-order valence-electron chi connectivity index (χ4n) is 2.87. The fourth-order valence-corrected chi connectivity index (χ4v) is 2.87. The molecule has 3 atom stereocenters. The summed E-state index contributed by atoms with van der Waals surface area (Å²) in [7, 11) is 0. The summed E-state index contributed by atoms with van der Waals surface area (Å²) in [5.74, 6) is 0.525. The second-order valence-corrected chi connectivity index (χ2v) is 4.44. The van der Waals surface area contributed by atoms with E-state index < -0.39 is 0 Å². The third-order valence-corrected chi connectivity index (χ3v) is 3.64. The highest BCUT2D eigenvalue weighted by Crippen LogP contribution is 2.34. The monoisotopic (exact) mass is 191 g/mol. The van der Waals surface area contributed by atoms with Gasteiger partial charge in [-0.25, -0.2) is 0 Å². The Morgan fingerprint density at radius 3 is 2.93 bits per heavy atom. The standard InChI is InChI=1S/C11H13NO2/c13-10-3-1-8-6(10)5-7-9(12-8)2-4-11(7)14/h5-6,8-9,12H,1-4H2. The van der Waals surface area contributed by atoms with Gasteiger partial charge in [-0.2, -0.15) is 0 Å². The molecule has 0 spiro atoms. The molecule has 0 radical (unpaired) electrons. The normalized spacial score (nSPS) is 40.9. The molecule has 74 valence electrons. The van der Waals surface area contributed by atoms with E-state index in [0.717, 1.165) is 18.4 Å². The Kier molecular flexibility index (Phi) is 1.65. The third kappa shape index (κ3) is 1.02. The zero-order valence-electron chi connectivity index (χ0n) is 7.95. The quantitative estimate of drug-likeness (QED) is 0.609. The number of Topliss-reactive ketones (excluding diaryl/α,β-unsaturated/α-hetero) is 2. The lowest BCUT2D eigenvalue weighted by Gasteiger charge is -2.28. The van der Waals surface area contributed by atoms with Gasteiger partial charge in [0, 0.05) is 30.5 Å². The van der Waals surface area contributed by atoms with Crippen LogP contribution in [0.3, 0.4) is 0 Å². The van der Waals surface area contributed by atoms with E-state index in [1.54, 1.807) is 0 Å². The molecule has 0 amide bonds. The van der Waals surface area contributed by atoms with Crippen LogP contribution in [0.4, 0.5) is 0 Å². The number of nitrogens with one attached hydrogen (secondary N) is 1. The van der Waals surface area contributed by atoms with Crippen LogP contribution in [0, 0.1) is 5.92 Å². The molecule has 3 aliphatic rings. The number of carbonyl (C=O) groups is 2. The van der Waals surface area contributed by atoms with Crippen molar-refractivity contribution in [1.29, 1.82) is 0 Å². The predicted octanol–water partition coefficient (Wildman–Crippen LogP) is 0.595. The van der Waals surface area contributed by atoms with E-state index >= 15 is 0 Å². The first kappa shape index (κ1) is 8.36. The Hall–Kier alpha value is -0.960. The lowest BCUT2D eigenvalue weighted by Crippen LogP contribution is -2.44. The number of fused-ring (bicyclic) bond motifs is 2. The van der Waals surface area contributed by atoms with Gasteiger partial charge in [-0.15, -0.1) is 0 Å². The topological polar surface area (TPSA) is 46.2 Å². The molecule has 3 rings (SSSR count). The van der Waals surface area contributed by atoms with Crippen molar-refractivity contribution in [1.82, 2.24) is 5.32 Å². The SMILES string of the molecule is O=C1CCC2NC3CCC(=O)C3C=C12. The van der Waals surface area contributed by atoms with Crippen molar-refractivity contribution in [2.24, 2.45) is 5.92 Å². The second kappa shape index (κ2) is 2.76. The molecule has 0 saturated heterocycles. The molecule has 0 bridgehead atoms. The molecule has 0 aromatic heterocycles. The van der Waals surface area contributed by atoms with Crippen LogP contribution in [-0.4, -0.2) is 23.7 Å². The molecule has 1 aliphatic heterocycles. The Morgan fingerprint density at radius 2 is 2.07 bits per heavy atom. The average molecular weight is 191 g/mol. The first-order valence-corrected chi connectivity index (χ1v) is 5.29. The lowest BCUT2D eigenvalue weighted by atomic mass is 9.92. The summed E-state index contributed by atoms with van der Waals surface area (Å²) < 4.78 is 0. The van der Waals surface area contributed by atoms with Crippen molar-refractivity contribution in [3.63, 3.8) is 0 Å². The van der Waals surface area contributed by atoms with E-state index in [4.69, 9.17) is 0 Å². The van der Waals surface area contributed by atoms with Gasteiger partial charge in [0.05, 0.1) is 5.92 Å². The van der Waals surface area contributed by atoms with Crippen molar-refractivity contribution in [3.05, 3.63) is 11.6 Å². The summed E-state index contributed by atoms with van der Waals surface area (Å²) in [5.41, 5.74) is 0.876. The molecule has 3 unspecified atom stereocenters. The summed E-state index contributed by atoms with van der Waals surface area (Å²) in [6.07, 6.45) is 5.13. The molecule has 3 nitrogen and oxygen atoms in total. The van der Waals surface area contributed by atoms with Gasteiger partial charge < -0.3 is 5.32 Å². The molecule has 0 aromatic carbocycles. The summed E-state index contributed by atoms with van der Waals surface area (Å²) in [5, 5.41) is 3.43. The first-order valence-electron chi connectivity index (χ1n) is 5.29. The van der Waals surface area contributed by atoms with Gasteiger partial charge in [0.25, 0.3) is 0 Å². The van der Waals surface area contributed by atoms with Crippen molar-refractivity contribution in [3.8, 4) is 0 Å². The molecule has 0 aromatic rings. The first-order chi connectivity index (χ1) is 6.75. The average Bonchev–Trinajstić information content (AvgIpc) is 2.71. The summed E-state index contributed by atoms with van der Waals surface area (Å²) in [6, 6.07) is 0.553. The van der Waals surface area contributed by atoms with Gasteiger partial charge in [-0.1, -0.05) is 6.08 Å². The number of hydrogen-bond donors (Lipinski definition) is 1. The van der Waals surface area contributed by atoms with Gasteiger partial charge in [0.15, 0.2) is 5.78 Å². The third-order valence-electron chi connectivity index (χ3n) is 3.64. The highest BCUT2D eigenvalue weighted by Gasteiger charge is 2.42. The van der Waals surface area contributed by atoms with Crippen LogP contribution < -0.4 is 5.32 Å². The molecule has 3 heteroatoms. The maximum Gasteiger partial charge on any atom is 0.160 e. The number of rotatable bonds is 0. The molecular formula is C11H13NO2. The van der Waals surface area contributed by atoms with Crippen LogP contribution in [0.5, 0.6) is 0 Å². The Morgan fingerprint density at radius 1 is 1.21 bits per heavy atom. The summed E-state index contributed by atoms with van der Waals surface area (Å²) in [6.45, 7) is 0. The maximum atomic E-state index is 11.5. The van der Waals surface area contributed by atoms with E-state index in [2.05, 4.69) is 5.32 Å². The zero-order chi connectivity index (χ0) is 9.71. The predicted molar refractivity (Wildman–Crippen MR) is 50.8 cm³/mol. The largest absolute Gasteiger partial charge is 0.306 e. The van der Waals surface area contributed by atoms with Crippen molar-refractivity contribution >= 4 is 11.6 Å². The smallest absolute Gasteiger partial charge is 0.160 e. The van der Waals surface area contributed by atoms with E-state index in [9.17, 15) is 9.59 Å². The molecular weight excluding hydrogens is 178 g/mol. The Bertz CT molecular complexity index is 345. The summed E-state index contributed by atoms with van der Waals surface area (Å²) >= 11 is 0. The van der Waals surface area contributed by atoms with Crippen LogP contribution in [0.15, 0.2) is 11.6 Å². The van der Waals surface area contributed by atoms with E-state index in [1.807, 2.05) is 6.08 Å². The van der Waals surface area contributed by atoms with Crippen LogP contribution in [0.1, 0.15) is 25.7 Å². The van der Waals surface area contributed by atoms with Crippen LogP contribution >= 0.6 is 0 Å². The van der Waals surface area contributed by atoms with E-state index in [0.29, 0.717) is 24.7 Å². The van der Waals surface area contributed by atoms with Crippen molar-refractivity contribution < 1.29 is 9.59 Å². The Labute approximate surface area is 82.6 Å². The van der Waals surface area contributed by atoms with Crippen LogP contribution in [0.2, 0.25) is 0 Å². The van der Waals surface area contributed by atoms with Crippen LogP contribution in [0.25, 0.3) is 0 Å². The number of ketones is 2. The minimum atomic E-state index is -0.0108. The number of carbonyl (C=O) groups excluding carboxylic acids is 2. The maximum absolute atomic E-state index is 11.5. The minimum absolute atomic E-state index is 0.0108. The van der Waals surface area contributed by atoms with Gasteiger partial charge >= 0.3 is 0 Å². The molecule has 1 N–H and O–H groups in total. The van der Waals surface area contributed by atoms with E-state index in [1.165, 1.54) is 0 Å².